The third kappa shape index (κ3) is 3.25. The van der Waals surface area contributed by atoms with Crippen LogP contribution in [0.1, 0.15) is 24.3 Å². The van der Waals surface area contributed by atoms with Crippen LogP contribution in [-0.2, 0) is 4.79 Å². The topological polar surface area (TPSA) is 65.5 Å². The molecule has 0 bridgehead atoms. The van der Waals surface area contributed by atoms with Gasteiger partial charge in [0.25, 0.3) is 5.92 Å². The molecule has 0 aliphatic carbocycles. The van der Waals surface area contributed by atoms with Crippen LogP contribution in [0, 0.1) is 0 Å². The summed E-state index contributed by atoms with van der Waals surface area (Å²) < 4.78 is 29.0. The van der Waals surface area contributed by atoms with E-state index in [2.05, 4.69) is 10.3 Å². The molecular weight excluding hydrogens is 354 g/mol. The average molecular weight is 374 g/mol. The first-order valence-electron chi connectivity index (χ1n) is 8.90. The molecule has 1 aromatic carbocycles. The standard InChI is InChI=1S/C19H20F2N4O2/c1-24-6-4-15(19(20,21)11-24)12-2-3-14-13(8-12)9-22-10-16(14)25-7-5-17(26)23-18(25)27/h2-3,8-10,15H,4-7,11H2,1H3,(H,23,26,27). The lowest BCUT2D eigenvalue weighted by Gasteiger charge is -2.37. The molecule has 2 aliphatic rings. The lowest BCUT2D eigenvalue weighted by atomic mass is 9.85. The Balaban J connectivity index is 1.70. The molecule has 2 fully saturated rings. The van der Waals surface area contributed by atoms with Gasteiger partial charge in [-0.3, -0.25) is 20.0 Å². The Morgan fingerprint density at radius 2 is 2.04 bits per heavy atom. The van der Waals surface area contributed by atoms with Crippen molar-refractivity contribution in [1.82, 2.24) is 15.2 Å². The molecule has 142 valence electrons. The number of carbonyl (C=O) groups is 2. The quantitative estimate of drug-likeness (QED) is 0.878. The van der Waals surface area contributed by atoms with E-state index in [-0.39, 0.29) is 25.4 Å². The molecule has 1 atom stereocenters. The molecular formula is C19H20F2N4O2. The molecule has 0 spiro atoms. The minimum absolute atomic E-state index is 0.210. The number of imide groups is 1. The number of rotatable bonds is 2. The predicted octanol–water partition coefficient (Wildman–Crippen LogP) is 2.74. The molecule has 3 amide bonds. The molecule has 6 nitrogen and oxygen atoms in total. The fourth-order valence-corrected chi connectivity index (χ4v) is 3.93. The van der Waals surface area contributed by atoms with E-state index in [1.165, 1.54) is 4.90 Å². The van der Waals surface area contributed by atoms with Crippen molar-refractivity contribution in [2.45, 2.75) is 24.7 Å². The molecule has 8 heteroatoms. The lowest BCUT2D eigenvalue weighted by Crippen LogP contribution is -2.49. The number of carbonyl (C=O) groups excluding carboxylic acids is 2. The van der Waals surface area contributed by atoms with Crippen LogP contribution in [0.4, 0.5) is 19.3 Å². The SMILES string of the molecule is CN1CCC(c2ccc3c(N4CCC(=O)NC4=O)cncc3c2)C(F)(F)C1. The van der Waals surface area contributed by atoms with Crippen molar-refractivity contribution in [3.63, 3.8) is 0 Å². The van der Waals surface area contributed by atoms with Gasteiger partial charge in [0, 0.05) is 29.9 Å². The van der Waals surface area contributed by atoms with E-state index >= 15 is 0 Å². The number of amides is 3. The van der Waals surface area contributed by atoms with E-state index in [0.717, 1.165) is 5.39 Å². The number of urea groups is 1. The smallest absolute Gasteiger partial charge is 0.301 e. The third-order valence-corrected chi connectivity index (χ3v) is 5.30. The molecule has 3 heterocycles. The summed E-state index contributed by atoms with van der Waals surface area (Å²) in [4.78, 5) is 30.8. The summed E-state index contributed by atoms with van der Waals surface area (Å²) in [5.41, 5.74) is 1.15. The van der Waals surface area contributed by atoms with Gasteiger partial charge in [0.15, 0.2) is 0 Å². The second-order valence-electron chi connectivity index (χ2n) is 7.23. The Morgan fingerprint density at radius 3 is 2.78 bits per heavy atom. The lowest BCUT2D eigenvalue weighted by molar-refractivity contribution is -0.120. The van der Waals surface area contributed by atoms with Crippen molar-refractivity contribution in [2.24, 2.45) is 0 Å². The molecule has 1 aromatic heterocycles. The number of hydrogen-bond acceptors (Lipinski definition) is 4. The van der Waals surface area contributed by atoms with Gasteiger partial charge in [0.2, 0.25) is 5.91 Å². The largest absolute Gasteiger partial charge is 0.328 e. The molecule has 0 saturated carbocycles. The summed E-state index contributed by atoms with van der Waals surface area (Å²) in [6, 6.07) is 4.72. The van der Waals surface area contributed by atoms with Crippen LogP contribution in [0.15, 0.2) is 30.6 Å². The first kappa shape index (κ1) is 17.8. The summed E-state index contributed by atoms with van der Waals surface area (Å²) in [5, 5.41) is 3.73. The van der Waals surface area contributed by atoms with Gasteiger partial charge >= 0.3 is 6.03 Å². The Bertz CT molecular complexity index is 918. The number of piperidine rings is 1. The van der Waals surface area contributed by atoms with Gasteiger partial charge in [-0.05, 0) is 31.6 Å². The highest BCUT2D eigenvalue weighted by Gasteiger charge is 2.44. The van der Waals surface area contributed by atoms with Crippen LogP contribution in [0.5, 0.6) is 0 Å². The predicted molar refractivity (Wildman–Crippen MR) is 97.0 cm³/mol. The van der Waals surface area contributed by atoms with Crippen molar-refractivity contribution in [1.29, 1.82) is 0 Å². The monoisotopic (exact) mass is 374 g/mol. The van der Waals surface area contributed by atoms with Gasteiger partial charge in [-0.1, -0.05) is 12.1 Å². The van der Waals surface area contributed by atoms with Crippen LogP contribution >= 0.6 is 0 Å². The number of hydrogen-bond donors (Lipinski definition) is 1. The maximum Gasteiger partial charge on any atom is 0.328 e. The normalized spacial score (nSPS) is 23.5. The van der Waals surface area contributed by atoms with Gasteiger partial charge in [0.05, 0.1) is 24.3 Å². The van der Waals surface area contributed by atoms with Gasteiger partial charge in [0.1, 0.15) is 0 Å². The van der Waals surface area contributed by atoms with Crippen molar-refractivity contribution in [3.8, 4) is 0 Å². The van der Waals surface area contributed by atoms with Crippen LogP contribution in [0.25, 0.3) is 10.8 Å². The number of nitrogens with one attached hydrogen (secondary N) is 1. The van der Waals surface area contributed by atoms with Crippen LogP contribution < -0.4 is 10.2 Å². The average Bonchev–Trinajstić information content (AvgIpc) is 2.60. The second kappa shape index (κ2) is 6.53. The number of halogens is 2. The summed E-state index contributed by atoms with van der Waals surface area (Å²) >= 11 is 0. The van der Waals surface area contributed by atoms with Gasteiger partial charge in [-0.2, -0.15) is 0 Å². The van der Waals surface area contributed by atoms with Crippen molar-refractivity contribution in [3.05, 3.63) is 36.2 Å². The number of likely N-dealkylation sites (tertiary alicyclic amines) is 1. The van der Waals surface area contributed by atoms with Gasteiger partial charge < -0.3 is 4.90 Å². The van der Waals surface area contributed by atoms with Crippen LogP contribution in [0.3, 0.4) is 0 Å². The molecule has 2 aromatic rings. The Hall–Kier alpha value is -2.61. The fourth-order valence-electron chi connectivity index (χ4n) is 3.93. The van der Waals surface area contributed by atoms with E-state index < -0.39 is 17.9 Å². The highest BCUT2D eigenvalue weighted by molar-refractivity contribution is 6.09. The Morgan fingerprint density at radius 1 is 1.22 bits per heavy atom. The number of anilines is 1. The number of alkyl halides is 2. The summed E-state index contributed by atoms with van der Waals surface area (Å²) in [7, 11) is 1.70. The first-order chi connectivity index (χ1) is 12.8. The van der Waals surface area contributed by atoms with E-state index in [0.29, 0.717) is 29.6 Å². The van der Waals surface area contributed by atoms with Gasteiger partial charge in [-0.15, -0.1) is 0 Å². The molecule has 2 aliphatic heterocycles. The zero-order valence-corrected chi connectivity index (χ0v) is 14.9. The molecule has 0 radical (unpaired) electrons. The number of pyridine rings is 1. The summed E-state index contributed by atoms with van der Waals surface area (Å²) in [6.45, 7) is 0.634. The Kier molecular flexibility index (Phi) is 4.30. The zero-order valence-electron chi connectivity index (χ0n) is 14.9. The van der Waals surface area contributed by atoms with Gasteiger partial charge in [-0.25, -0.2) is 13.6 Å². The molecule has 1 N–H and O–H groups in total. The fraction of sp³-hybridized carbons (Fsp3) is 0.421. The van der Waals surface area contributed by atoms with E-state index in [9.17, 15) is 18.4 Å². The number of nitrogens with zero attached hydrogens (tertiary/aromatic N) is 3. The minimum Gasteiger partial charge on any atom is -0.301 e. The second-order valence-corrected chi connectivity index (χ2v) is 7.23. The van der Waals surface area contributed by atoms with Crippen molar-refractivity contribution in [2.75, 3.05) is 31.6 Å². The summed E-state index contributed by atoms with van der Waals surface area (Å²) in [5.74, 6) is -3.94. The van der Waals surface area contributed by atoms with E-state index in [4.69, 9.17) is 0 Å². The summed E-state index contributed by atoms with van der Waals surface area (Å²) in [6.07, 6.45) is 3.77. The Labute approximate surface area is 155 Å². The zero-order chi connectivity index (χ0) is 19.2. The maximum atomic E-state index is 14.5. The molecule has 4 rings (SSSR count). The van der Waals surface area contributed by atoms with E-state index in [1.807, 2.05) is 0 Å². The van der Waals surface area contributed by atoms with E-state index in [1.54, 1.807) is 42.5 Å². The highest BCUT2D eigenvalue weighted by Crippen LogP contribution is 2.41. The number of benzene rings is 1. The maximum absolute atomic E-state index is 14.5. The first-order valence-corrected chi connectivity index (χ1v) is 8.90. The molecule has 27 heavy (non-hydrogen) atoms. The van der Waals surface area contributed by atoms with Crippen molar-refractivity contribution >= 4 is 28.4 Å². The van der Waals surface area contributed by atoms with Crippen molar-refractivity contribution < 1.29 is 18.4 Å². The third-order valence-electron chi connectivity index (χ3n) is 5.30. The highest BCUT2D eigenvalue weighted by atomic mass is 19.3. The molecule has 1 unspecified atom stereocenters. The van der Waals surface area contributed by atoms with Crippen LogP contribution in [0.2, 0.25) is 0 Å². The molecule has 2 saturated heterocycles. The van der Waals surface area contributed by atoms with Crippen LogP contribution in [-0.4, -0.2) is 54.4 Å². The number of fused-ring (bicyclic) bond motifs is 1. The minimum atomic E-state index is -2.79. The number of aromatic nitrogens is 1.